The molecule has 0 atom stereocenters. The molecule has 8 heteroatoms. The third-order valence-electron chi connectivity index (χ3n) is 4.78. The number of amides is 1. The molecular formula is C23H24N2O5S. The predicted molar refractivity (Wildman–Crippen MR) is 119 cm³/mol. The van der Waals surface area contributed by atoms with Crippen LogP contribution >= 0.6 is 0 Å². The zero-order valence-electron chi connectivity index (χ0n) is 17.5. The molecule has 3 aromatic carbocycles. The standard InChI is InChI=1S/C23H24N2O5S/c1-25(19-9-5-4-6-10-19)31(27,28)20-11-7-8-18(15-20)23(26)24-16-17-12-13-21(29-2)22(14-17)30-3/h4-15H,16H2,1-3H3,(H,24,26). The molecule has 0 heterocycles. The van der Waals surface area contributed by atoms with E-state index in [9.17, 15) is 13.2 Å². The highest BCUT2D eigenvalue weighted by atomic mass is 32.2. The molecule has 1 N–H and O–H groups in total. The number of carbonyl (C=O) groups excluding carboxylic acids is 1. The Hall–Kier alpha value is -3.52. The van der Waals surface area contributed by atoms with Crippen molar-refractivity contribution >= 4 is 21.6 Å². The largest absolute Gasteiger partial charge is 0.493 e. The maximum atomic E-state index is 13.0. The minimum absolute atomic E-state index is 0.0395. The molecule has 3 aromatic rings. The number of nitrogens with one attached hydrogen (secondary N) is 1. The molecule has 162 valence electrons. The lowest BCUT2D eigenvalue weighted by Gasteiger charge is -2.19. The second-order valence-corrected chi connectivity index (χ2v) is 8.68. The third-order valence-corrected chi connectivity index (χ3v) is 6.56. The van der Waals surface area contributed by atoms with Crippen LogP contribution in [0.3, 0.4) is 0 Å². The van der Waals surface area contributed by atoms with Crippen LogP contribution in [0.2, 0.25) is 0 Å². The summed E-state index contributed by atoms with van der Waals surface area (Å²) in [5.41, 5.74) is 1.60. The summed E-state index contributed by atoms with van der Waals surface area (Å²) < 4.78 is 37.6. The van der Waals surface area contributed by atoms with Crippen LogP contribution in [0.1, 0.15) is 15.9 Å². The number of benzene rings is 3. The van der Waals surface area contributed by atoms with Gasteiger partial charge in [-0.25, -0.2) is 8.42 Å². The van der Waals surface area contributed by atoms with E-state index in [2.05, 4.69) is 5.32 Å². The van der Waals surface area contributed by atoms with Crippen LogP contribution in [0.15, 0.2) is 77.7 Å². The third kappa shape index (κ3) is 4.97. The number of hydrogen-bond donors (Lipinski definition) is 1. The van der Waals surface area contributed by atoms with E-state index in [1.165, 1.54) is 23.5 Å². The second-order valence-electron chi connectivity index (χ2n) is 6.71. The van der Waals surface area contributed by atoms with Crippen LogP contribution < -0.4 is 19.1 Å². The summed E-state index contributed by atoms with van der Waals surface area (Å²) in [4.78, 5) is 12.7. The van der Waals surface area contributed by atoms with E-state index in [1.54, 1.807) is 62.8 Å². The lowest BCUT2D eigenvalue weighted by Crippen LogP contribution is -2.27. The summed E-state index contributed by atoms with van der Waals surface area (Å²) in [5.74, 6) is 0.776. The predicted octanol–water partition coefficient (Wildman–Crippen LogP) is 3.46. The first kappa shape index (κ1) is 22.2. The van der Waals surface area contributed by atoms with Gasteiger partial charge in [0.2, 0.25) is 0 Å². The summed E-state index contributed by atoms with van der Waals surface area (Å²) in [6.07, 6.45) is 0. The normalized spacial score (nSPS) is 10.9. The monoisotopic (exact) mass is 440 g/mol. The number of carbonyl (C=O) groups is 1. The first-order valence-corrected chi connectivity index (χ1v) is 10.9. The SMILES string of the molecule is COc1ccc(CNC(=O)c2cccc(S(=O)(=O)N(C)c3ccccc3)c2)cc1OC. The van der Waals surface area contributed by atoms with Crippen molar-refractivity contribution in [2.24, 2.45) is 0 Å². The fourth-order valence-corrected chi connectivity index (χ4v) is 4.25. The Morgan fingerprint density at radius 2 is 1.61 bits per heavy atom. The molecule has 0 saturated heterocycles. The molecule has 7 nitrogen and oxygen atoms in total. The van der Waals surface area contributed by atoms with E-state index in [1.807, 2.05) is 12.1 Å². The molecule has 0 fully saturated rings. The van der Waals surface area contributed by atoms with Gasteiger partial charge < -0.3 is 14.8 Å². The summed E-state index contributed by atoms with van der Waals surface area (Å²) in [6, 6.07) is 20.1. The number of methoxy groups -OCH3 is 2. The Kier molecular flexibility index (Phi) is 6.81. The molecule has 0 aliphatic rings. The van der Waals surface area contributed by atoms with Gasteiger partial charge in [-0.15, -0.1) is 0 Å². The van der Waals surface area contributed by atoms with Crippen molar-refractivity contribution in [3.8, 4) is 11.5 Å². The van der Waals surface area contributed by atoms with Gasteiger partial charge in [0.15, 0.2) is 11.5 Å². The van der Waals surface area contributed by atoms with E-state index in [0.717, 1.165) is 5.56 Å². The van der Waals surface area contributed by atoms with E-state index in [-0.39, 0.29) is 22.9 Å². The van der Waals surface area contributed by atoms with Crippen molar-refractivity contribution in [3.63, 3.8) is 0 Å². The molecule has 0 saturated carbocycles. The number of nitrogens with zero attached hydrogens (tertiary/aromatic N) is 1. The Morgan fingerprint density at radius 3 is 2.29 bits per heavy atom. The van der Waals surface area contributed by atoms with E-state index in [0.29, 0.717) is 17.2 Å². The zero-order chi connectivity index (χ0) is 22.4. The van der Waals surface area contributed by atoms with Crippen molar-refractivity contribution in [2.45, 2.75) is 11.4 Å². The summed E-state index contributed by atoms with van der Waals surface area (Å²) in [7, 11) is 0.763. The fraction of sp³-hybridized carbons (Fsp3) is 0.174. The Labute approximate surface area is 182 Å². The topological polar surface area (TPSA) is 84.9 Å². The highest BCUT2D eigenvalue weighted by Crippen LogP contribution is 2.27. The van der Waals surface area contributed by atoms with Gasteiger partial charge in [-0.3, -0.25) is 9.10 Å². The van der Waals surface area contributed by atoms with Gasteiger partial charge in [-0.1, -0.05) is 30.3 Å². The van der Waals surface area contributed by atoms with Gasteiger partial charge in [0, 0.05) is 19.2 Å². The number of hydrogen-bond acceptors (Lipinski definition) is 5. The average Bonchev–Trinajstić information content (AvgIpc) is 2.82. The number of anilines is 1. The molecule has 0 radical (unpaired) electrons. The maximum absolute atomic E-state index is 13.0. The molecule has 0 aromatic heterocycles. The quantitative estimate of drug-likeness (QED) is 0.580. The van der Waals surface area contributed by atoms with Gasteiger partial charge in [-0.2, -0.15) is 0 Å². The number of rotatable bonds is 8. The molecule has 0 spiro atoms. The van der Waals surface area contributed by atoms with Crippen LogP contribution in [0, 0.1) is 0 Å². The van der Waals surface area contributed by atoms with Crippen molar-refractivity contribution < 1.29 is 22.7 Å². The number of sulfonamides is 1. The fourth-order valence-electron chi connectivity index (χ4n) is 3.01. The van der Waals surface area contributed by atoms with E-state index in [4.69, 9.17) is 9.47 Å². The number of para-hydroxylation sites is 1. The van der Waals surface area contributed by atoms with E-state index >= 15 is 0 Å². The van der Waals surface area contributed by atoms with Gasteiger partial charge in [0.25, 0.3) is 15.9 Å². The van der Waals surface area contributed by atoms with Crippen LogP contribution in [-0.4, -0.2) is 35.6 Å². The minimum Gasteiger partial charge on any atom is -0.493 e. The zero-order valence-corrected chi connectivity index (χ0v) is 18.3. The van der Waals surface area contributed by atoms with Gasteiger partial charge >= 0.3 is 0 Å². The van der Waals surface area contributed by atoms with Gasteiger partial charge in [0.1, 0.15) is 0 Å². The highest BCUT2D eigenvalue weighted by Gasteiger charge is 2.22. The Morgan fingerprint density at radius 1 is 0.903 bits per heavy atom. The molecule has 3 rings (SSSR count). The van der Waals surface area contributed by atoms with Crippen molar-refractivity contribution in [1.29, 1.82) is 0 Å². The van der Waals surface area contributed by atoms with Crippen LogP contribution in [0.25, 0.3) is 0 Å². The van der Waals surface area contributed by atoms with Crippen molar-refractivity contribution in [2.75, 3.05) is 25.6 Å². The lowest BCUT2D eigenvalue weighted by atomic mass is 10.1. The van der Waals surface area contributed by atoms with Crippen LogP contribution in [-0.2, 0) is 16.6 Å². The molecule has 0 unspecified atom stereocenters. The Balaban J connectivity index is 1.76. The summed E-state index contributed by atoms with van der Waals surface area (Å²) >= 11 is 0. The number of ether oxygens (including phenoxy) is 2. The van der Waals surface area contributed by atoms with Gasteiger partial charge in [-0.05, 0) is 48.0 Å². The summed E-state index contributed by atoms with van der Waals surface area (Å²) in [6.45, 7) is 0.250. The summed E-state index contributed by atoms with van der Waals surface area (Å²) in [5, 5.41) is 2.80. The molecule has 0 aliphatic carbocycles. The van der Waals surface area contributed by atoms with E-state index < -0.39 is 10.0 Å². The Bertz CT molecular complexity index is 1160. The van der Waals surface area contributed by atoms with Crippen LogP contribution in [0.5, 0.6) is 11.5 Å². The first-order valence-electron chi connectivity index (χ1n) is 9.50. The van der Waals surface area contributed by atoms with Crippen LogP contribution in [0.4, 0.5) is 5.69 Å². The minimum atomic E-state index is -3.81. The van der Waals surface area contributed by atoms with Crippen molar-refractivity contribution in [1.82, 2.24) is 5.32 Å². The van der Waals surface area contributed by atoms with Gasteiger partial charge in [0.05, 0.1) is 24.8 Å². The lowest BCUT2D eigenvalue weighted by molar-refractivity contribution is 0.0950. The average molecular weight is 441 g/mol. The smallest absolute Gasteiger partial charge is 0.264 e. The molecule has 0 bridgehead atoms. The molecule has 0 aliphatic heterocycles. The first-order chi connectivity index (χ1) is 14.9. The second kappa shape index (κ2) is 9.53. The van der Waals surface area contributed by atoms with Crippen molar-refractivity contribution in [3.05, 3.63) is 83.9 Å². The highest BCUT2D eigenvalue weighted by molar-refractivity contribution is 7.92. The molecule has 1 amide bonds. The molecular weight excluding hydrogens is 416 g/mol. The molecule has 31 heavy (non-hydrogen) atoms. The maximum Gasteiger partial charge on any atom is 0.264 e.